The number of rotatable bonds is 6. The zero-order valence-corrected chi connectivity index (χ0v) is 10.5. The highest BCUT2D eigenvalue weighted by atomic mass is 32.2. The zero-order chi connectivity index (χ0) is 13.1. The summed E-state index contributed by atoms with van der Waals surface area (Å²) >= 11 is 0. The lowest BCUT2D eigenvalue weighted by Gasteiger charge is -2.15. The molecule has 0 saturated heterocycles. The van der Waals surface area contributed by atoms with Crippen molar-refractivity contribution in [2.24, 2.45) is 5.92 Å². The molecule has 1 rings (SSSR count). The maximum Gasteiger partial charge on any atom is 0.321 e. The molecule has 0 unspecified atom stereocenters. The molecule has 17 heavy (non-hydrogen) atoms. The first-order chi connectivity index (χ1) is 7.83. The molecule has 3 N–H and O–H groups in total. The van der Waals surface area contributed by atoms with Crippen molar-refractivity contribution in [1.82, 2.24) is 9.71 Å². The highest BCUT2D eigenvalue weighted by molar-refractivity contribution is 7.89. The van der Waals surface area contributed by atoms with Crippen molar-refractivity contribution in [3.8, 4) is 0 Å². The number of aliphatic carboxylic acids is 1. The van der Waals surface area contributed by atoms with E-state index >= 15 is 0 Å². The minimum Gasteiger partial charge on any atom is -0.480 e. The molecule has 0 amide bonds. The zero-order valence-electron chi connectivity index (χ0n) is 9.67. The highest BCUT2D eigenvalue weighted by Crippen LogP contribution is 2.11. The number of carboxylic acid groups (broad SMARTS) is 1. The third kappa shape index (κ3) is 3.86. The standard InChI is InChI=1S/C10H16N2O4S/c1-7(2)5-9(10(13)14)12-17(15,16)8-3-4-11-6-8/h3-4,6-7,9,11-12H,5H2,1-2H3,(H,13,14)/t9-/m0/s1. The fraction of sp³-hybridized carbons (Fsp3) is 0.500. The third-order valence-electron chi connectivity index (χ3n) is 2.18. The topological polar surface area (TPSA) is 99.3 Å². The van der Waals surface area contributed by atoms with Crippen LogP contribution in [0.2, 0.25) is 0 Å². The molecular weight excluding hydrogens is 244 g/mol. The maximum absolute atomic E-state index is 11.8. The Morgan fingerprint density at radius 3 is 2.59 bits per heavy atom. The second-order valence-electron chi connectivity index (χ2n) is 4.19. The van der Waals surface area contributed by atoms with E-state index in [-0.39, 0.29) is 17.2 Å². The van der Waals surface area contributed by atoms with Gasteiger partial charge in [0.25, 0.3) is 0 Å². The van der Waals surface area contributed by atoms with Crippen LogP contribution in [0.4, 0.5) is 0 Å². The first kappa shape index (κ1) is 13.7. The summed E-state index contributed by atoms with van der Waals surface area (Å²) in [5.41, 5.74) is 0. The van der Waals surface area contributed by atoms with E-state index in [4.69, 9.17) is 5.11 Å². The van der Waals surface area contributed by atoms with Gasteiger partial charge in [-0.25, -0.2) is 8.42 Å². The molecule has 0 aliphatic carbocycles. The Hall–Kier alpha value is -1.34. The first-order valence-electron chi connectivity index (χ1n) is 5.21. The van der Waals surface area contributed by atoms with Crippen molar-refractivity contribution in [3.05, 3.63) is 18.5 Å². The van der Waals surface area contributed by atoms with Gasteiger partial charge in [0.05, 0.1) is 4.90 Å². The number of carboxylic acids is 1. The largest absolute Gasteiger partial charge is 0.480 e. The van der Waals surface area contributed by atoms with E-state index in [1.54, 1.807) is 0 Å². The van der Waals surface area contributed by atoms with Crippen LogP contribution in [0.3, 0.4) is 0 Å². The van der Waals surface area contributed by atoms with Gasteiger partial charge in [0.15, 0.2) is 0 Å². The second-order valence-corrected chi connectivity index (χ2v) is 5.90. The molecule has 1 heterocycles. The van der Waals surface area contributed by atoms with E-state index in [0.717, 1.165) is 0 Å². The Kier molecular flexibility index (Phi) is 4.30. The Balaban J connectivity index is 2.84. The minimum absolute atomic E-state index is 0.0347. The average molecular weight is 260 g/mol. The van der Waals surface area contributed by atoms with Crippen molar-refractivity contribution < 1.29 is 18.3 Å². The van der Waals surface area contributed by atoms with Gasteiger partial charge in [-0.1, -0.05) is 13.8 Å². The Bertz CT molecular complexity index is 465. The van der Waals surface area contributed by atoms with E-state index in [1.165, 1.54) is 18.5 Å². The molecule has 0 bridgehead atoms. The minimum atomic E-state index is -3.77. The van der Waals surface area contributed by atoms with E-state index in [1.807, 2.05) is 13.8 Å². The van der Waals surface area contributed by atoms with Gasteiger partial charge < -0.3 is 10.1 Å². The lowest BCUT2D eigenvalue weighted by atomic mass is 10.1. The van der Waals surface area contributed by atoms with Crippen LogP contribution in [-0.4, -0.2) is 30.5 Å². The van der Waals surface area contributed by atoms with Crippen LogP contribution in [0.25, 0.3) is 0 Å². The van der Waals surface area contributed by atoms with E-state index < -0.39 is 22.0 Å². The Morgan fingerprint density at radius 1 is 1.53 bits per heavy atom. The molecule has 0 spiro atoms. The van der Waals surface area contributed by atoms with Crippen LogP contribution < -0.4 is 4.72 Å². The van der Waals surface area contributed by atoms with Crippen LogP contribution in [0.15, 0.2) is 23.4 Å². The Labute approximate surface area is 100 Å². The molecule has 96 valence electrons. The fourth-order valence-electron chi connectivity index (χ4n) is 1.40. The lowest BCUT2D eigenvalue weighted by Crippen LogP contribution is -2.41. The van der Waals surface area contributed by atoms with Crippen LogP contribution >= 0.6 is 0 Å². The van der Waals surface area contributed by atoms with Crippen molar-refractivity contribution in [1.29, 1.82) is 0 Å². The van der Waals surface area contributed by atoms with Gasteiger partial charge in [-0.15, -0.1) is 0 Å². The SMILES string of the molecule is CC(C)C[C@H](NS(=O)(=O)c1cc[nH]c1)C(=O)O. The number of aromatic nitrogens is 1. The van der Waals surface area contributed by atoms with Crippen LogP contribution in [0.1, 0.15) is 20.3 Å². The fourth-order valence-corrected chi connectivity index (χ4v) is 2.58. The van der Waals surface area contributed by atoms with Crippen molar-refractivity contribution in [3.63, 3.8) is 0 Å². The summed E-state index contributed by atoms with van der Waals surface area (Å²) in [7, 11) is -3.77. The first-order valence-corrected chi connectivity index (χ1v) is 6.69. The number of sulfonamides is 1. The molecule has 0 fully saturated rings. The molecule has 7 heteroatoms. The normalized spacial score (nSPS) is 13.8. The number of hydrogen-bond donors (Lipinski definition) is 3. The van der Waals surface area contributed by atoms with Crippen LogP contribution in [-0.2, 0) is 14.8 Å². The summed E-state index contributed by atoms with van der Waals surface area (Å²) < 4.78 is 25.8. The van der Waals surface area contributed by atoms with Gasteiger partial charge in [0.1, 0.15) is 6.04 Å². The smallest absolute Gasteiger partial charge is 0.321 e. The predicted octanol–water partition coefficient (Wildman–Crippen LogP) is 0.792. The molecular formula is C10H16N2O4S. The van der Waals surface area contributed by atoms with E-state index in [9.17, 15) is 13.2 Å². The summed E-state index contributed by atoms with van der Waals surface area (Å²) in [6.45, 7) is 3.67. The van der Waals surface area contributed by atoms with Crippen LogP contribution in [0.5, 0.6) is 0 Å². The molecule has 1 aromatic heterocycles. The predicted molar refractivity (Wildman–Crippen MR) is 62.0 cm³/mol. The maximum atomic E-state index is 11.8. The summed E-state index contributed by atoms with van der Waals surface area (Å²) in [4.78, 5) is 13.6. The van der Waals surface area contributed by atoms with Crippen molar-refractivity contribution >= 4 is 16.0 Å². The van der Waals surface area contributed by atoms with Crippen LogP contribution in [0, 0.1) is 5.92 Å². The van der Waals surface area contributed by atoms with Gasteiger partial charge in [-0.2, -0.15) is 4.72 Å². The molecule has 0 aromatic carbocycles. The summed E-state index contributed by atoms with van der Waals surface area (Å²) in [6.07, 6.45) is 3.02. The highest BCUT2D eigenvalue weighted by Gasteiger charge is 2.26. The van der Waals surface area contributed by atoms with Gasteiger partial charge in [0.2, 0.25) is 10.0 Å². The second kappa shape index (κ2) is 5.33. The van der Waals surface area contributed by atoms with Gasteiger partial charge in [-0.05, 0) is 18.4 Å². The molecule has 1 aromatic rings. The number of carbonyl (C=O) groups is 1. The van der Waals surface area contributed by atoms with Crippen molar-refractivity contribution in [2.45, 2.75) is 31.2 Å². The lowest BCUT2D eigenvalue weighted by molar-refractivity contribution is -0.139. The molecule has 0 radical (unpaired) electrons. The van der Waals surface area contributed by atoms with Gasteiger partial charge >= 0.3 is 5.97 Å². The summed E-state index contributed by atoms with van der Waals surface area (Å²) in [5.74, 6) is -1.08. The van der Waals surface area contributed by atoms with E-state index in [0.29, 0.717) is 0 Å². The molecule has 0 saturated carbocycles. The number of H-pyrrole nitrogens is 1. The van der Waals surface area contributed by atoms with E-state index in [2.05, 4.69) is 9.71 Å². The molecule has 6 nitrogen and oxygen atoms in total. The average Bonchev–Trinajstić information content (AvgIpc) is 2.68. The van der Waals surface area contributed by atoms with Crippen molar-refractivity contribution in [2.75, 3.05) is 0 Å². The molecule has 0 aliphatic rings. The van der Waals surface area contributed by atoms with Gasteiger partial charge in [0, 0.05) is 12.4 Å². The number of nitrogens with one attached hydrogen (secondary N) is 2. The van der Waals surface area contributed by atoms with Gasteiger partial charge in [-0.3, -0.25) is 4.79 Å². The quantitative estimate of drug-likeness (QED) is 0.704. The molecule has 0 aliphatic heterocycles. The monoisotopic (exact) mass is 260 g/mol. The summed E-state index contributed by atoms with van der Waals surface area (Å²) in [5, 5.41) is 8.95. The summed E-state index contributed by atoms with van der Waals surface area (Å²) in [6, 6.07) is 0.270. The number of hydrogen-bond acceptors (Lipinski definition) is 3. The Morgan fingerprint density at radius 2 is 2.18 bits per heavy atom. The number of aromatic amines is 1. The molecule has 1 atom stereocenters. The third-order valence-corrected chi connectivity index (χ3v) is 3.65.